The molecule has 1 N–H and O–H groups in total. The molecule has 4 nitrogen and oxygen atoms in total. The first kappa shape index (κ1) is 13.0. The van der Waals surface area contributed by atoms with Crippen LogP contribution >= 0.6 is 0 Å². The van der Waals surface area contributed by atoms with Gasteiger partial charge in [0.1, 0.15) is 0 Å². The fraction of sp³-hybridized carbons (Fsp3) is 0.538. The van der Waals surface area contributed by atoms with E-state index < -0.39 is 5.95 Å². The van der Waals surface area contributed by atoms with Gasteiger partial charge in [0.25, 0.3) is 5.91 Å². The summed E-state index contributed by atoms with van der Waals surface area (Å²) in [4.78, 5) is 17.5. The highest BCUT2D eigenvalue weighted by Crippen LogP contribution is 2.26. The Labute approximate surface area is 105 Å². The molecule has 1 aliphatic carbocycles. The van der Waals surface area contributed by atoms with Crippen molar-refractivity contribution in [3.8, 4) is 0 Å². The summed E-state index contributed by atoms with van der Waals surface area (Å²) < 4.78 is 13.0. The van der Waals surface area contributed by atoms with Crippen molar-refractivity contribution in [3.05, 3.63) is 29.8 Å². The van der Waals surface area contributed by atoms with E-state index in [9.17, 15) is 9.18 Å². The van der Waals surface area contributed by atoms with Gasteiger partial charge in [0.15, 0.2) is 0 Å². The average Bonchev–Trinajstić information content (AvgIpc) is 2.31. The molecular formula is C13H17FN2O2. The molecule has 1 saturated carbocycles. The molecule has 1 fully saturated rings. The second-order valence-corrected chi connectivity index (χ2v) is 4.53. The van der Waals surface area contributed by atoms with Crippen molar-refractivity contribution >= 4 is 5.91 Å². The molecule has 0 spiro atoms. The monoisotopic (exact) mass is 252 g/mol. The van der Waals surface area contributed by atoms with Crippen LogP contribution in [0.1, 0.15) is 36.0 Å². The SMILES string of the molecule is O=C(c1ccnc(F)c1)N(CCCO)C1CCC1. The minimum Gasteiger partial charge on any atom is -0.396 e. The number of hydrogen-bond acceptors (Lipinski definition) is 3. The fourth-order valence-corrected chi connectivity index (χ4v) is 2.09. The van der Waals surface area contributed by atoms with Crippen LogP contribution in [0.2, 0.25) is 0 Å². The van der Waals surface area contributed by atoms with Crippen molar-refractivity contribution in [1.29, 1.82) is 0 Å². The Bertz CT molecular complexity index is 421. The third kappa shape index (κ3) is 2.85. The quantitative estimate of drug-likeness (QED) is 0.810. The first-order valence-corrected chi connectivity index (χ1v) is 6.26. The molecule has 0 atom stereocenters. The summed E-state index contributed by atoms with van der Waals surface area (Å²) in [5.74, 6) is -0.814. The average molecular weight is 252 g/mol. The van der Waals surface area contributed by atoms with Crippen LogP contribution in [0.5, 0.6) is 0 Å². The van der Waals surface area contributed by atoms with Gasteiger partial charge in [-0.15, -0.1) is 0 Å². The van der Waals surface area contributed by atoms with Gasteiger partial charge in [-0.25, -0.2) is 4.98 Å². The van der Waals surface area contributed by atoms with Gasteiger partial charge in [-0.3, -0.25) is 4.79 Å². The first-order chi connectivity index (χ1) is 8.72. The molecule has 0 aromatic carbocycles. The third-order valence-electron chi connectivity index (χ3n) is 3.31. The summed E-state index contributed by atoms with van der Waals surface area (Å²) in [6.45, 7) is 0.575. The number of aliphatic hydroxyl groups excluding tert-OH is 1. The lowest BCUT2D eigenvalue weighted by Crippen LogP contribution is -2.45. The fourth-order valence-electron chi connectivity index (χ4n) is 2.09. The standard InChI is InChI=1S/C13H17FN2O2/c14-12-9-10(5-6-15-12)13(18)16(7-2-8-17)11-3-1-4-11/h5-6,9,11,17H,1-4,7-8H2. The Kier molecular flexibility index (Phi) is 4.25. The molecule has 2 rings (SSSR count). The minimum absolute atomic E-state index is 0.0568. The maximum absolute atomic E-state index is 13.0. The molecule has 1 heterocycles. The summed E-state index contributed by atoms with van der Waals surface area (Å²) in [5, 5.41) is 8.88. The molecule has 0 saturated heterocycles. The zero-order valence-electron chi connectivity index (χ0n) is 10.2. The normalized spacial score (nSPS) is 15.2. The van der Waals surface area contributed by atoms with Crippen molar-refractivity contribution in [3.63, 3.8) is 0 Å². The van der Waals surface area contributed by atoms with Crippen LogP contribution in [0.4, 0.5) is 4.39 Å². The third-order valence-corrected chi connectivity index (χ3v) is 3.31. The van der Waals surface area contributed by atoms with Gasteiger partial charge in [-0.1, -0.05) is 0 Å². The maximum Gasteiger partial charge on any atom is 0.254 e. The highest BCUT2D eigenvalue weighted by Gasteiger charge is 2.29. The first-order valence-electron chi connectivity index (χ1n) is 6.26. The number of carbonyl (C=O) groups is 1. The van der Waals surface area contributed by atoms with Gasteiger partial charge in [0.2, 0.25) is 5.95 Å². The summed E-state index contributed by atoms with van der Waals surface area (Å²) >= 11 is 0. The number of pyridine rings is 1. The van der Waals surface area contributed by atoms with Gasteiger partial charge < -0.3 is 10.0 Å². The van der Waals surface area contributed by atoms with Crippen LogP contribution in [-0.4, -0.2) is 40.1 Å². The van der Waals surface area contributed by atoms with Crippen molar-refractivity contribution in [1.82, 2.24) is 9.88 Å². The molecule has 0 radical (unpaired) electrons. The van der Waals surface area contributed by atoms with Crippen LogP contribution in [0, 0.1) is 5.95 Å². The zero-order chi connectivity index (χ0) is 13.0. The van der Waals surface area contributed by atoms with E-state index >= 15 is 0 Å². The lowest BCUT2D eigenvalue weighted by Gasteiger charge is -2.37. The lowest BCUT2D eigenvalue weighted by atomic mass is 9.91. The van der Waals surface area contributed by atoms with Crippen molar-refractivity contribution in [2.75, 3.05) is 13.2 Å². The van der Waals surface area contributed by atoms with Crippen molar-refractivity contribution in [2.45, 2.75) is 31.7 Å². The summed E-state index contributed by atoms with van der Waals surface area (Å²) in [6, 6.07) is 2.92. The molecule has 0 aliphatic heterocycles. The number of carbonyl (C=O) groups excluding carboxylic acids is 1. The van der Waals surface area contributed by atoms with E-state index in [4.69, 9.17) is 5.11 Å². The molecular weight excluding hydrogens is 235 g/mol. The molecule has 0 bridgehead atoms. The smallest absolute Gasteiger partial charge is 0.254 e. The summed E-state index contributed by atoms with van der Waals surface area (Å²) in [6.07, 6.45) is 4.96. The van der Waals surface area contributed by atoms with E-state index in [0.29, 0.717) is 18.5 Å². The lowest BCUT2D eigenvalue weighted by molar-refractivity contribution is 0.0562. The highest BCUT2D eigenvalue weighted by molar-refractivity contribution is 5.94. The highest BCUT2D eigenvalue weighted by atomic mass is 19.1. The summed E-state index contributed by atoms with van der Waals surface area (Å²) in [7, 11) is 0. The number of aliphatic hydroxyl groups is 1. The Morgan fingerprint density at radius 3 is 2.89 bits per heavy atom. The number of nitrogens with zero attached hydrogens (tertiary/aromatic N) is 2. The molecule has 18 heavy (non-hydrogen) atoms. The Hall–Kier alpha value is -1.49. The van der Waals surface area contributed by atoms with Crippen LogP contribution in [0.15, 0.2) is 18.3 Å². The molecule has 98 valence electrons. The number of rotatable bonds is 5. The van der Waals surface area contributed by atoms with Gasteiger partial charge in [0.05, 0.1) is 0 Å². The molecule has 5 heteroatoms. The van der Waals surface area contributed by atoms with Crippen LogP contribution in [0.25, 0.3) is 0 Å². The predicted octanol–water partition coefficient (Wildman–Crippen LogP) is 1.60. The van der Waals surface area contributed by atoms with Gasteiger partial charge in [-0.2, -0.15) is 4.39 Å². The number of aromatic nitrogens is 1. The van der Waals surface area contributed by atoms with Crippen molar-refractivity contribution in [2.24, 2.45) is 0 Å². The molecule has 1 amide bonds. The van der Waals surface area contributed by atoms with E-state index in [0.717, 1.165) is 25.3 Å². The summed E-state index contributed by atoms with van der Waals surface area (Å²) in [5.41, 5.74) is 0.326. The van der Waals surface area contributed by atoms with Crippen LogP contribution in [0.3, 0.4) is 0 Å². The molecule has 1 aromatic heterocycles. The molecule has 1 aliphatic rings. The van der Waals surface area contributed by atoms with Gasteiger partial charge in [0, 0.05) is 37.0 Å². The van der Waals surface area contributed by atoms with E-state index in [2.05, 4.69) is 4.98 Å². The van der Waals surface area contributed by atoms with Crippen molar-refractivity contribution < 1.29 is 14.3 Å². The molecule has 1 aromatic rings. The van der Waals surface area contributed by atoms with Crippen LogP contribution < -0.4 is 0 Å². The second kappa shape index (κ2) is 5.91. The minimum atomic E-state index is -0.642. The van der Waals surface area contributed by atoms with E-state index in [1.807, 2.05) is 0 Å². The van der Waals surface area contributed by atoms with E-state index in [-0.39, 0.29) is 18.6 Å². The van der Waals surface area contributed by atoms with Gasteiger partial charge in [-0.05, 0) is 31.7 Å². The second-order valence-electron chi connectivity index (χ2n) is 4.53. The maximum atomic E-state index is 13.0. The Morgan fingerprint density at radius 1 is 1.56 bits per heavy atom. The number of halogens is 1. The number of hydrogen-bond donors (Lipinski definition) is 1. The van der Waals surface area contributed by atoms with E-state index in [1.165, 1.54) is 12.3 Å². The zero-order valence-corrected chi connectivity index (χ0v) is 10.2. The Morgan fingerprint density at radius 2 is 2.33 bits per heavy atom. The molecule has 0 unspecified atom stereocenters. The number of amides is 1. The Balaban J connectivity index is 2.11. The van der Waals surface area contributed by atoms with E-state index in [1.54, 1.807) is 4.90 Å². The topological polar surface area (TPSA) is 53.4 Å². The van der Waals surface area contributed by atoms with Gasteiger partial charge >= 0.3 is 0 Å². The van der Waals surface area contributed by atoms with Crippen LogP contribution in [-0.2, 0) is 0 Å². The largest absolute Gasteiger partial charge is 0.396 e. The predicted molar refractivity (Wildman–Crippen MR) is 64.6 cm³/mol.